The van der Waals surface area contributed by atoms with E-state index < -0.39 is 0 Å². The Morgan fingerprint density at radius 3 is 2.88 bits per heavy atom. The smallest absolute Gasteiger partial charge is 0.194 e. The van der Waals surface area contributed by atoms with Gasteiger partial charge in [0.1, 0.15) is 0 Å². The zero-order valence-corrected chi connectivity index (χ0v) is 17.3. The molecule has 0 radical (unpaired) electrons. The molecule has 1 aliphatic heterocycles. The minimum atomic E-state index is 0. The van der Waals surface area contributed by atoms with E-state index in [4.69, 9.17) is 4.99 Å². The van der Waals surface area contributed by atoms with Crippen molar-refractivity contribution >= 4 is 29.9 Å². The van der Waals surface area contributed by atoms with Crippen LogP contribution in [0.4, 0.5) is 0 Å². The molecule has 1 N–H and O–H groups in total. The van der Waals surface area contributed by atoms with E-state index in [-0.39, 0.29) is 24.0 Å². The van der Waals surface area contributed by atoms with Gasteiger partial charge in [0.2, 0.25) is 0 Å². The van der Waals surface area contributed by atoms with Gasteiger partial charge in [-0.3, -0.25) is 9.67 Å². The predicted molar refractivity (Wildman–Crippen MR) is 110 cm³/mol. The van der Waals surface area contributed by atoms with E-state index in [2.05, 4.69) is 44.9 Å². The van der Waals surface area contributed by atoms with Crippen LogP contribution in [0.5, 0.6) is 0 Å². The second kappa shape index (κ2) is 9.79. The summed E-state index contributed by atoms with van der Waals surface area (Å²) in [6.45, 7) is 8.85. The monoisotopic (exact) mass is 457 g/mol. The van der Waals surface area contributed by atoms with Crippen molar-refractivity contribution < 1.29 is 0 Å². The van der Waals surface area contributed by atoms with E-state index in [1.165, 1.54) is 0 Å². The van der Waals surface area contributed by atoms with Crippen molar-refractivity contribution in [2.45, 2.75) is 32.9 Å². The van der Waals surface area contributed by atoms with E-state index in [1.54, 1.807) is 6.20 Å². The summed E-state index contributed by atoms with van der Waals surface area (Å²) in [7, 11) is 0. The molecule has 1 saturated heterocycles. The largest absolute Gasteiger partial charge is 0.357 e. The van der Waals surface area contributed by atoms with E-state index in [0.29, 0.717) is 12.0 Å². The molecule has 0 aliphatic carbocycles. The Hall–Kier alpha value is -1.58. The average Bonchev–Trinajstić information content (AvgIpc) is 3.28. The zero-order valence-electron chi connectivity index (χ0n) is 15.0. The van der Waals surface area contributed by atoms with Gasteiger partial charge in [-0.05, 0) is 25.3 Å². The van der Waals surface area contributed by atoms with Crippen LogP contribution < -0.4 is 5.32 Å². The van der Waals surface area contributed by atoms with Crippen LogP contribution in [0, 0.1) is 5.92 Å². The van der Waals surface area contributed by atoms with Crippen LogP contribution in [0.2, 0.25) is 0 Å². The third kappa shape index (κ3) is 5.20. The molecule has 138 valence electrons. The van der Waals surface area contributed by atoms with Crippen molar-refractivity contribution in [3.63, 3.8) is 0 Å². The van der Waals surface area contributed by atoms with Gasteiger partial charge in [-0.2, -0.15) is 5.10 Å². The Labute approximate surface area is 166 Å². The summed E-state index contributed by atoms with van der Waals surface area (Å²) in [6, 6.07) is 2.38. The molecule has 0 amide bonds. The first-order valence-electron chi connectivity index (χ1n) is 8.76. The lowest BCUT2D eigenvalue weighted by atomic mass is 9.93. The highest BCUT2D eigenvalue weighted by Gasteiger charge is 2.28. The van der Waals surface area contributed by atoms with Crippen LogP contribution in [0.25, 0.3) is 0 Å². The maximum Gasteiger partial charge on any atom is 0.194 e. The second-order valence-electron chi connectivity index (χ2n) is 6.29. The molecule has 1 aliphatic rings. The molecule has 3 rings (SSSR count). The minimum Gasteiger partial charge on any atom is -0.357 e. The molecule has 0 saturated carbocycles. The molecule has 2 unspecified atom stereocenters. The quantitative estimate of drug-likeness (QED) is 0.425. The van der Waals surface area contributed by atoms with Crippen molar-refractivity contribution in [3.8, 4) is 0 Å². The topological polar surface area (TPSA) is 63.3 Å². The van der Waals surface area contributed by atoms with Crippen LogP contribution in [0.3, 0.4) is 0 Å². The van der Waals surface area contributed by atoms with Gasteiger partial charge in [0.05, 0.1) is 25.5 Å². The number of hydrogen-bond donors (Lipinski definition) is 1. The summed E-state index contributed by atoms with van der Waals surface area (Å²) < 4.78 is 4.14. The van der Waals surface area contributed by atoms with Crippen LogP contribution in [-0.4, -0.2) is 56.4 Å². The number of nitrogens with zero attached hydrogens (tertiary/aromatic N) is 6. The summed E-state index contributed by atoms with van der Waals surface area (Å²) in [4.78, 5) is 11.4. The van der Waals surface area contributed by atoms with Crippen molar-refractivity contribution in [3.05, 3.63) is 37.2 Å². The van der Waals surface area contributed by atoms with Gasteiger partial charge in [-0.15, -0.1) is 24.0 Å². The van der Waals surface area contributed by atoms with Crippen LogP contribution in [0.15, 0.2) is 42.2 Å². The number of hydrogen-bond acceptors (Lipinski definition) is 3. The van der Waals surface area contributed by atoms with E-state index >= 15 is 0 Å². The van der Waals surface area contributed by atoms with Crippen LogP contribution in [0.1, 0.15) is 26.3 Å². The third-order valence-electron chi connectivity index (χ3n) is 4.61. The fraction of sp³-hybridized carbons (Fsp3) is 0.588. The third-order valence-corrected chi connectivity index (χ3v) is 4.61. The number of halogens is 1. The summed E-state index contributed by atoms with van der Waals surface area (Å²) in [6.07, 6.45) is 10.8. The van der Waals surface area contributed by atoms with Gasteiger partial charge >= 0.3 is 0 Å². The van der Waals surface area contributed by atoms with Crippen LogP contribution in [-0.2, 0) is 6.54 Å². The summed E-state index contributed by atoms with van der Waals surface area (Å²) in [5.41, 5.74) is 0. The summed E-state index contributed by atoms with van der Waals surface area (Å²) in [5.74, 6) is 1.64. The maximum atomic E-state index is 4.80. The van der Waals surface area contributed by atoms with Crippen molar-refractivity contribution in [2.75, 3.05) is 26.2 Å². The molecule has 3 heterocycles. The molecule has 25 heavy (non-hydrogen) atoms. The number of guanidine groups is 1. The van der Waals surface area contributed by atoms with Gasteiger partial charge in [0.25, 0.3) is 0 Å². The fourth-order valence-corrected chi connectivity index (χ4v) is 3.21. The number of aliphatic imine (C=N–C) groups is 1. The lowest BCUT2D eigenvalue weighted by Gasteiger charge is -2.39. The molecule has 7 nitrogen and oxygen atoms in total. The lowest BCUT2D eigenvalue weighted by molar-refractivity contribution is 0.189. The molecule has 0 spiro atoms. The second-order valence-corrected chi connectivity index (χ2v) is 6.29. The van der Waals surface area contributed by atoms with Gasteiger partial charge in [-0.25, -0.2) is 4.98 Å². The predicted octanol–water partition coefficient (Wildman–Crippen LogP) is 2.25. The highest BCUT2D eigenvalue weighted by molar-refractivity contribution is 14.0. The van der Waals surface area contributed by atoms with Crippen molar-refractivity contribution in [1.29, 1.82) is 0 Å². The molecule has 8 heteroatoms. The first kappa shape index (κ1) is 19.7. The van der Waals surface area contributed by atoms with Crippen molar-refractivity contribution in [2.24, 2.45) is 10.9 Å². The standard InChI is InChI=1S/C17H27N7.HI/c1-3-19-17(20-8-12-24-9-4-6-21-24)22-10-5-15(2)16(13-22)23-11-7-18-14-23;/h4,6-7,9,11,14-16H,3,5,8,10,12-13H2,1-2H3,(H,19,20);1H. The molecule has 2 aromatic rings. The molecule has 0 aromatic carbocycles. The minimum absolute atomic E-state index is 0. The van der Waals surface area contributed by atoms with Crippen molar-refractivity contribution in [1.82, 2.24) is 29.5 Å². The molecule has 0 bridgehead atoms. The average molecular weight is 457 g/mol. The van der Waals surface area contributed by atoms with Gasteiger partial charge in [-0.1, -0.05) is 6.92 Å². The van der Waals surface area contributed by atoms with E-state index in [1.807, 2.05) is 29.5 Å². The Kier molecular flexibility index (Phi) is 7.73. The number of likely N-dealkylation sites (tertiary alicyclic amines) is 1. The normalized spacial score (nSPS) is 21.0. The Morgan fingerprint density at radius 1 is 1.32 bits per heavy atom. The van der Waals surface area contributed by atoms with E-state index in [9.17, 15) is 0 Å². The van der Waals surface area contributed by atoms with Gasteiger partial charge in [0.15, 0.2) is 5.96 Å². The number of piperidine rings is 1. The first-order chi connectivity index (χ1) is 11.8. The molecular formula is C17H28IN7. The maximum absolute atomic E-state index is 4.80. The number of nitrogens with one attached hydrogen (secondary N) is 1. The summed E-state index contributed by atoms with van der Waals surface area (Å²) in [5, 5.41) is 7.66. The molecule has 1 fully saturated rings. The molecular weight excluding hydrogens is 429 g/mol. The highest BCUT2D eigenvalue weighted by atomic mass is 127. The van der Waals surface area contributed by atoms with Gasteiger partial charge in [0, 0.05) is 44.4 Å². The Morgan fingerprint density at radius 2 is 2.20 bits per heavy atom. The summed E-state index contributed by atoms with van der Waals surface area (Å²) >= 11 is 0. The van der Waals surface area contributed by atoms with Crippen LogP contribution >= 0.6 is 24.0 Å². The lowest BCUT2D eigenvalue weighted by Crippen LogP contribution is -2.49. The molecule has 2 atom stereocenters. The highest BCUT2D eigenvalue weighted by Crippen LogP contribution is 2.27. The Bertz CT molecular complexity index is 623. The Balaban J connectivity index is 0.00000225. The number of aromatic nitrogens is 4. The first-order valence-corrected chi connectivity index (χ1v) is 8.76. The zero-order chi connectivity index (χ0) is 16.8. The molecule has 2 aromatic heterocycles. The van der Waals surface area contributed by atoms with E-state index in [0.717, 1.165) is 45.1 Å². The number of imidazole rings is 1. The number of rotatable bonds is 5. The fourth-order valence-electron chi connectivity index (χ4n) is 3.21. The SMILES string of the molecule is CCNC(=NCCn1cccn1)N1CCC(C)C(n2ccnc2)C1.I. The van der Waals surface area contributed by atoms with Gasteiger partial charge < -0.3 is 14.8 Å².